The van der Waals surface area contributed by atoms with E-state index in [1.807, 2.05) is 0 Å². The first-order valence-corrected chi connectivity index (χ1v) is 7.75. The van der Waals surface area contributed by atoms with Crippen LogP contribution in [0.4, 0.5) is 0 Å². The first-order valence-electron chi connectivity index (χ1n) is 7.75. The van der Waals surface area contributed by atoms with Gasteiger partial charge in [-0.15, -0.1) is 0 Å². The van der Waals surface area contributed by atoms with Gasteiger partial charge in [0.1, 0.15) is 6.10 Å². The number of amides is 1. The van der Waals surface area contributed by atoms with Crippen molar-refractivity contribution in [3.63, 3.8) is 0 Å². The average Bonchev–Trinajstić information content (AvgIpc) is 3.00. The van der Waals surface area contributed by atoms with Gasteiger partial charge in [0.25, 0.3) is 0 Å². The molecule has 4 aliphatic rings. The molecule has 4 rings (SSSR count). The molecule has 0 spiro atoms. The average molecular weight is 263 g/mol. The highest BCUT2D eigenvalue weighted by atomic mass is 16.6. The summed E-state index contributed by atoms with van der Waals surface area (Å²) in [6.45, 7) is 0. The van der Waals surface area contributed by atoms with E-state index in [1.54, 1.807) is 0 Å². The largest absolute Gasteiger partial charge is 0.462 e. The van der Waals surface area contributed by atoms with Crippen LogP contribution in [0.1, 0.15) is 44.9 Å². The van der Waals surface area contributed by atoms with Crippen LogP contribution in [0, 0.1) is 23.7 Å². The molecule has 1 heterocycles. The molecular weight excluding hydrogens is 242 g/mol. The number of esters is 1. The Kier molecular flexibility index (Phi) is 2.61. The Labute approximate surface area is 113 Å². The zero-order valence-electron chi connectivity index (χ0n) is 11.1. The predicted molar refractivity (Wildman–Crippen MR) is 68.1 cm³/mol. The number of rotatable bonds is 2. The van der Waals surface area contributed by atoms with Crippen molar-refractivity contribution in [3.8, 4) is 0 Å². The lowest BCUT2D eigenvalue weighted by Gasteiger charge is -2.28. The van der Waals surface area contributed by atoms with E-state index in [0.717, 1.165) is 25.7 Å². The summed E-state index contributed by atoms with van der Waals surface area (Å²) in [5.74, 6) is 0.501. The highest BCUT2D eigenvalue weighted by Crippen LogP contribution is 2.57. The first-order chi connectivity index (χ1) is 9.24. The van der Waals surface area contributed by atoms with Crippen molar-refractivity contribution >= 4 is 11.9 Å². The molecule has 2 bridgehead atoms. The third-order valence-electron chi connectivity index (χ3n) is 5.74. The molecule has 0 radical (unpaired) electrons. The molecule has 1 N–H and O–H groups in total. The Hall–Kier alpha value is -1.06. The highest BCUT2D eigenvalue weighted by molar-refractivity contribution is 5.88. The second-order valence-electron chi connectivity index (χ2n) is 6.77. The normalized spacial score (nSPS) is 44.4. The van der Waals surface area contributed by atoms with Crippen molar-refractivity contribution in [1.82, 2.24) is 5.32 Å². The fourth-order valence-corrected chi connectivity index (χ4v) is 4.91. The highest BCUT2D eigenvalue weighted by Gasteiger charge is 2.63. The summed E-state index contributed by atoms with van der Waals surface area (Å²) in [5, 5.41) is 3.20. The second-order valence-corrected chi connectivity index (χ2v) is 6.77. The van der Waals surface area contributed by atoms with Gasteiger partial charge < -0.3 is 10.1 Å². The van der Waals surface area contributed by atoms with Crippen molar-refractivity contribution < 1.29 is 14.3 Å². The third kappa shape index (κ3) is 1.72. The summed E-state index contributed by atoms with van der Waals surface area (Å²) in [6, 6.07) is 0.341. The number of carbonyl (C=O) groups excluding carboxylic acids is 2. The smallest absolute Gasteiger partial charge is 0.310 e. The molecule has 4 heteroatoms. The molecule has 1 aliphatic heterocycles. The molecule has 1 saturated heterocycles. The quantitative estimate of drug-likeness (QED) is 0.770. The number of fused-ring (bicyclic) bond motifs is 1. The molecular formula is C15H21NO3. The summed E-state index contributed by atoms with van der Waals surface area (Å²) in [4.78, 5) is 24.4. The molecule has 1 amide bonds. The summed E-state index contributed by atoms with van der Waals surface area (Å²) in [7, 11) is 0. The van der Waals surface area contributed by atoms with Gasteiger partial charge >= 0.3 is 5.97 Å². The van der Waals surface area contributed by atoms with Crippen molar-refractivity contribution in [3.05, 3.63) is 0 Å². The molecule has 19 heavy (non-hydrogen) atoms. The monoisotopic (exact) mass is 263 g/mol. The molecule has 0 aromatic carbocycles. The van der Waals surface area contributed by atoms with Crippen LogP contribution < -0.4 is 5.32 Å². The molecule has 0 aromatic rings. The molecule has 3 saturated carbocycles. The van der Waals surface area contributed by atoms with Crippen LogP contribution in [0.15, 0.2) is 0 Å². The minimum atomic E-state index is -0.132. The van der Waals surface area contributed by atoms with E-state index in [2.05, 4.69) is 5.32 Å². The van der Waals surface area contributed by atoms with Crippen LogP contribution in [0.3, 0.4) is 0 Å². The van der Waals surface area contributed by atoms with Gasteiger partial charge in [0, 0.05) is 12.0 Å². The van der Waals surface area contributed by atoms with Gasteiger partial charge in [-0.05, 0) is 31.6 Å². The van der Waals surface area contributed by atoms with Gasteiger partial charge in [-0.25, -0.2) is 0 Å². The van der Waals surface area contributed by atoms with Crippen LogP contribution >= 0.6 is 0 Å². The minimum absolute atomic E-state index is 0.0989. The minimum Gasteiger partial charge on any atom is -0.462 e. The van der Waals surface area contributed by atoms with Crippen LogP contribution in [0.5, 0.6) is 0 Å². The van der Waals surface area contributed by atoms with E-state index in [-0.39, 0.29) is 29.8 Å². The fraction of sp³-hybridized carbons (Fsp3) is 0.867. The molecule has 4 nitrogen and oxygen atoms in total. The lowest BCUT2D eigenvalue weighted by Crippen LogP contribution is -2.44. The topological polar surface area (TPSA) is 55.4 Å². The Morgan fingerprint density at radius 2 is 1.95 bits per heavy atom. The van der Waals surface area contributed by atoms with Gasteiger partial charge in [-0.2, -0.15) is 0 Å². The van der Waals surface area contributed by atoms with Crippen LogP contribution in [-0.2, 0) is 14.3 Å². The maximum Gasteiger partial charge on any atom is 0.310 e. The number of nitrogens with one attached hydrogen (secondary N) is 1. The van der Waals surface area contributed by atoms with E-state index in [0.29, 0.717) is 17.9 Å². The van der Waals surface area contributed by atoms with E-state index in [9.17, 15) is 9.59 Å². The Bertz CT molecular complexity index is 414. The number of hydrogen-bond acceptors (Lipinski definition) is 3. The van der Waals surface area contributed by atoms with Crippen LogP contribution in [0.2, 0.25) is 0 Å². The Morgan fingerprint density at radius 1 is 1.16 bits per heavy atom. The van der Waals surface area contributed by atoms with E-state index in [1.165, 1.54) is 19.3 Å². The van der Waals surface area contributed by atoms with Crippen molar-refractivity contribution in [2.75, 3.05) is 0 Å². The summed E-state index contributed by atoms with van der Waals surface area (Å²) in [5.41, 5.74) is 0. The molecule has 104 valence electrons. The molecule has 0 unspecified atom stereocenters. The van der Waals surface area contributed by atoms with E-state index in [4.69, 9.17) is 4.74 Å². The van der Waals surface area contributed by atoms with Crippen LogP contribution in [0.25, 0.3) is 0 Å². The van der Waals surface area contributed by atoms with Crippen molar-refractivity contribution in [2.45, 2.75) is 57.1 Å². The summed E-state index contributed by atoms with van der Waals surface area (Å²) < 4.78 is 5.39. The summed E-state index contributed by atoms with van der Waals surface area (Å²) >= 11 is 0. The van der Waals surface area contributed by atoms with E-state index >= 15 is 0 Å². The van der Waals surface area contributed by atoms with E-state index < -0.39 is 0 Å². The Morgan fingerprint density at radius 3 is 2.74 bits per heavy atom. The first kappa shape index (κ1) is 11.7. The van der Waals surface area contributed by atoms with Gasteiger partial charge in [-0.3, -0.25) is 9.59 Å². The fourth-order valence-electron chi connectivity index (χ4n) is 4.91. The van der Waals surface area contributed by atoms with Crippen molar-refractivity contribution in [2.24, 2.45) is 23.7 Å². The lowest BCUT2D eigenvalue weighted by molar-refractivity contribution is -0.146. The van der Waals surface area contributed by atoms with Crippen LogP contribution in [-0.4, -0.2) is 24.0 Å². The molecule has 4 fully saturated rings. The SMILES string of the molecule is O=C(NC1CCCCC1)[C@H]1[C@H]2C[C@@H]3[C@@H]1C(=O)O[C@@H]3C2. The zero-order chi connectivity index (χ0) is 13.0. The predicted octanol–water partition coefficient (Wildman–Crippen LogP) is 1.63. The van der Waals surface area contributed by atoms with Gasteiger partial charge in [0.15, 0.2) is 0 Å². The molecule has 0 aromatic heterocycles. The molecule has 5 atom stereocenters. The van der Waals surface area contributed by atoms with Gasteiger partial charge in [0.2, 0.25) is 5.91 Å². The lowest BCUT2D eigenvalue weighted by atomic mass is 9.79. The van der Waals surface area contributed by atoms with Crippen molar-refractivity contribution in [1.29, 1.82) is 0 Å². The second kappa shape index (κ2) is 4.22. The molecule has 3 aliphatic carbocycles. The van der Waals surface area contributed by atoms with Gasteiger partial charge in [0.05, 0.1) is 11.8 Å². The summed E-state index contributed by atoms with van der Waals surface area (Å²) in [6.07, 6.45) is 7.98. The van der Waals surface area contributed by atoms with Gasteiger partial charge in [-0.1, -0.05) is 19.3 Å². The maximum absolute atomic E-state index is 12.5. The number of ether oxygens (including phenoxy) is 1. The Balaban J connectivity index is 1.47. The number of hydrogen-bond donors (Lipinski definition) is 1. The maximum atomic E-state index is 12.5. The standard InChI is InChI=1S/C15H21NO3/c17-14(16-9-4-2-1-3-5-9)12-8-6-10-11(7-8)19-15(18)13(10)12/h8-13H,1-7H2,(H,16,17)/t8-,10-,11+,12-,13-/m0/s1. The zero-order valence-corrected chi connectivity index (χ0v) is 11.1. The third-order valence-corrected chi connectivity index (χ3v) is 5.74. The number of carbonyl (C=O) groups is 2.